The molecular weight excluding hydrogens is 464 g/mol. The van der Waals surface area contributed by atoms with E-state index >= 15 is 0 Å². The van der Waals surface area contributed by atoms with Gasteiger partial charge in [0, 0.05) is 32.7 Å². The van der Waals surface area contributed by atoms with Gasteiger partial charge in [-0.1, -0.05) is 0 Å². The van der Waals surface area contributed by atoms with Crippen LogP contribution in [0.3, 0.4) is 0 Å². The summed E-state index contributed by atoms with van der Waals surface area (Å²) in [7, 11) is 0. The molecule has 0 aliphatic heterocycles. The molecule has 0 unspecified atom stereocenters. The first-order chi connectivity index (χ1) is 15.8. The zero-order valence-electron chi connectivity index (χ0n) is 18.3. The molecule has 0 aromatic heterocycles. The Labute approximate surface area is 193 Å². The van der Waals surface area contributed by atoms with Gasteiger partial charge in [-0.3, -0.25) is 38.6 Å². The van der Waals surface area contributed by atoms with E-state index < -0.39 is 80.4 Å². The molecule has 0 saturated carbocycles. The number of hydrogen-bond donors (Lipinski definition) is 8. The number of rotatable bonds is 21. The second-order valence-electron chi connectivity index (χ2n) is 7.43. The van der Waals surface area contributed by atoms with Crippen molar-refractivity contribution in [3.8, 4) is 0 Å². The van der Waals surface area contributed by atoms with Gasteiger partial charge in [0.2, 0.25) is 0 Å². The molecule has 0 bridgehead atoms. The van der Waals surface area contributed by atoms with Crippen LogP contribution in [0.5, 0.6) is 0 Å². The summed E-state index contributed by atoms with van der Waals surface area (Å²) < 4.78 is 0. The third-order valence-corrected chi connectivity index (χ3v) is 4.54. The van der Waals surface area contributed by atoms with Crippen LogP contribution in [-0.4, -0.2) is 141 Å². The first-order valence-electron chi connectivity index (χ1n) is 9.97. The van der Waals surface area contributed by atoms with Crippen LogP contribution in [0.15, 0.2) is 0 Å². The zero-order valence-corrected chi connectivity index (χ0v) is 18.3. The van der Waals surface area contributed by atoms with Gasteiger partial charge < -0.3 is 41.3 Å². The van der Waals surface area contributed by atoms with Gasteiger partial charge in [-0.2, -0.15) is 0 Å². The summed E-state index contributed by atoms with van der Waals surface area (Å²) >= 11 is 0. The number of aliphatic carboxylic acids is 6. The average Bonchev–Trinajstić information content (AvgIpc) is 2.63. The van der Waals surface area contributed by atoms with Crippen molar-refractivity contribution in [2.24, 2.45) is 0 Å². The van der Waals surface area contributed by atoms with E-state index in [9.17, 15) is 39.0 Å². The molecule has 16 nitrogen and oxygen atoms in total. The van der Waals surface area contributed by atoms with Gasteiger partial charge in [0.1, 0.15) is 0 Å². The molecule has 0 aromatic rings. The minimum Gasteiger partial charge on any atom is -0.481 e. The molecule has 0 atom stereocenters. The SMILES string of the molecule is O=C(O)CN(CCNCCNCC(CC(=O)O)(CC(=O)O)N(CC(=O)O)CC(=O)O)CC(=O)O. The van der Waals surface area contributed by atoms with Crippen molar-refractivity contribution in [2.45, 2.75) is 18.4 Å². The summed E-state index contributed by atoms with van der Waals surface area (Å²) in [5.41, 5.74) is -1.85. The highest BCUT2D eigenvalue weighted by atomic mass is 16.4. The van der Waals surface area contributed by atoms with Gasteiger partial charge in [0.25, 0.3) is 0 Å². The number of carbonyl (C=O) groups is 6. The van der Waals surface area contributed by atoms with Crippen LogP contribution in [0.2, 0.25) is 0 Å². The van der Waals surface area contributed by atoms with E-state index in [1.54, 1.807) is 0 Å². The van der Waals surface area contributed by atoms with Crippen LogP contribution in [0.25, 0.3) is 0 Å². The van der Waals surface area contributed by atoms with Crippen molar-refractivity contribution < 1.29 is 59.4 Å². The molecule has 0 aliphatic rings. The highest BCUT2D eigenvalue weighted by Crippen LogP contribution is 2.24. The first kappa shape index (κ1) is 30.7. The Kier molecular flexibility index (Phi) is 14.0. The van der Waals surface area contributed by atoms with Crippen LogP contribution in [0.1, 0.15) is 12.8 Å². The minimum absolute atomic E-state index is 0.103. The largest absolute Gasteiger partial charge is 0.481 e. The Hall–Kier alpha value is -3.34. The fourth-order valence-electron chi connectivity index (χ4n) is 3.26. The topological polar surface area (TPSA) is 254 Å². The molecular formula is C18H30N4O12. The molecule has 0 fully saturated rings. The fraction of sp³-hybridized carbons (Fsp3) is 0.667. The predicted octanol–water partition coefficient (Wildman–Crippen LogP) is -3.20. The van der Waals surface area contributed by atoms with Crippen LogP contribution in [0.4, 0.5) is 0 Å². The lowest BCUT2D eigenvalue weighted by atomic mass is 9.88. The Balaban J connectivity index is 5.10. The Morgan fingerprint density at radius 3 is 1.35 bits per heavy atom. The van der Waals surface area contributed by atoms with E-state index in [4.69, 9.17) is 20.4 Å². The van der Waals surface area contributed by atoms with Crippen LogP contribution in [-0.2, 0) is 28.8 Å². The first-order valence-corrected chi connectivity index (χ1v) is 9.97. The second kappa shape index (κ2) is 15.5. The summed E-state index contributed by atoms with van der Waals surface area (Å²) in [6.07, 6.45) is -1.67. The maximum Gasteiger partial charge on any atom is 0.317 e. The number of nitrogens with one attached hydrogen (secondary N) is 2. The van der Waals surface area contributed by atoms with Gasteiger partial charge in [0.05, 0.1) is 44.6 Å². The van der Waals surface area contributed by atoms with Crippen molar-refractivity contribution in [3.63, 3.8) is 0 Å². The lowest BCUT2D eigenvalue weighted by Gasteiger charge is -2.41. The average molecular weight is 494 g/mol. The van der Waals surface area contributed by atoms with Crippen LogP contribution >= 0.6 is 0 Å². The lowest BCUT2D eigenvalue weighted by molar-refractivity contribution is -0.154. The standard InChI is InChI=1S/C18H30N4O12/c23-12(24)5-18(6-13(25)26,22(9-16(31)32)10-17(33)34)11-20-2-1-19-3-4-21(7-14(27)28)8-15(29)30/h19-20H,1-11H2,(H,23,24)(H,25,26)(H,27,28)(H,29,30)(H,31,32)(H,33,34). The number of carboxylic acid groups (broad SMARTS) is 6. The number of carboxylic acids is 6. The Bertz CT molecular complexity index is 696. The maximum absolute atomic E-state index is 11.4. The van der Waals surface area contributed by atoms with E-state index in [-0.39, 0.29) is 32.7 Å². The summed E-state index contributed by atoms with van der Waals surface area (Å²) in [6.45, 7) is -2.41. The number of hydrogen-bond acceptors (Lipinski definition) is 10. The summed E-state index contributed by atoms with van der Waals surface area (Å²) in [6, 6.07) is 0. The van der Waals surface area contributed by atoms with Gasteiger partial charge in [0.15, 0.2) is 0 Å². The highest BCUT2D eigenvalue weighted by molar-refractivity contribution is 5.76. The molecule has 0 aliphatic carbocycles. The summed E-state index contributed by atoms with van der Waals surface area (Å²) in [5, 5.41) is 60.1. The molecule has 0 spiro atoms. The molecule has 34 heavy (non-hydrogen) atoms. The summed E-state index contributed by atoms with van der Waals surface area (Å²) in [4.78, 5) is 68.8. The van der Waals surface area contributed by atoms with E-state index in [0.717, 1.165) is 4.90 Å². The Morgan fingerprint density at radius 1 is 0.559 bits per heavy atom. The maximum atomic E-state index is 11.4. The third-order valence-electron chi connectivity index (χ3n) is 4.54. The molecule has 0 saturated heterocycles. The van der Waals surface area contributed by atoms with Crippen molar-refractivity contribution in [1.29, 1.82) is 0 Å². The van der Waals surface area contributed by atoms with Crippen LogP contribution < -0.4 is 10.6 Å². The molecule has 194 valence electrons. The molecule has 0 heterocycles. The van der Waals surface area contributed by atoms with E-state index in [1.807, 2.05) is 0 Å². The normalized spacial score (nSPS) is 11.5. The Morgan fingerprint density at radius 2 is 0.971 bits per heavy atom. The van der Waals surface area contributed by atoms with Crippen molar-refractivity contribution >= 4 is 35.8 Å². The quantitative estimate of drug-likeness (QED) is 0.0731. The second-order valence-corrected chi connectivity index (χ2v) is 7.43. The van der Waals surface area contributed by atoms with E-state index in [0.29, 0.717) is 0 Å². The van der Waals surface area contributed by atoms with Crippen molar-refractivity contribution in [2.75, 3.05) is 58.9 Å². The van der Waals surface area contributed by atoms with Gasteiger partial charge in [-0.25, -0.2) is 0 Å². The monoisotopic (exact) mass is 494 g/mol. The molecule has 8 N–H and O–H groups in total. The zero-order chi connectivity index (χ0) is 26.3. The van der Waals surface area contributed by atoms with Gasteiger partial charge in [-0.05, 0) is 0 Å². The van der Waals surface area contributed by atoms with E-state index in [1.165, 1.54) is 4.90 Å². The van der Waals surface area contributed by atoms with Crippen LogP contribution in [0, 0.1) is 0 Å². The van der Waals surface area contributed by atoms with Gasteiger partial charge >= 0.3 is 35.8 Å². The third kappa shape index (κ3) is 13.9. The van der Waals surface area contributed by atoms with Crippen molar-refractivity contribution in [1.82, 2.24) is 20.4 Å². The smallest absolute Gasteiger partial charge is 0.317 e. The fourth-order valence-corrected chi connectivity index (χ4v) is 3.26. The van der Waals surface area contributed by atoms with E-state index in [2.05, 4.69) is 10.6 Å². The molecule has 0 radical (unpaired) electrons. The minimum atomic E-state index is -1.85. The molecule has 0 rings (SSSR count). The van der Waals surface area contributed by atoms with Crippen molar-refractivity contribution in [3.05, 3.63) is 0 Å². The molecule has 16 heteroatoms. The molecule has 0 aromatic carbocycles. The number of nitrogens with zero attached hydrogens (tertiary/aromatic N) is 2. The van der Waals surface area contributed by atoms with Gasteiger partial charge in [-0.15, -0.1) is 0 Å². The summed E-state index contributed by atoms with van der Waals surface area (Å²) in [5.74, 6) is -8.20. The highest BCUT2D eigenvalue weighted by Gasteiger charge is 2.42. The predicted molar refractivity (Wildman–Crippen MR) is 112 cm³/mol. The lowest BCUT2D eigenvalue weighted by Crippen LogP contribution is -2.60. The molecule has 0 amide bonds.